The van der Waals surface area contributed by atoms with Gasteiger partial charge in [0.25, 0.3) is 0 Å². The Balaban J connectivity index is 1.97. The van der Waals surface area contributed by atoms with Gasteiger partial charge in [0, 0.05) is 0 Å². The van der Waals surface area contributed by atoms with E-state index in [0.29, 0.717) is 11.8 Å². The molecular formula is C15H24O2. The number of carbonyl (C=O) groups is 1. The van der Waals surface area contributed by atoms with E-state index >= 15 is 0 Å². The summed E-state index contributed by atoms with van der Waals surface area (Å²) in [6.07, 6.45) is 7.68. The Morgan fingerprint density at radius 2 is 1.88 bits per heavy atom. The molecule has 0 aromatic carbocycles. The number of allylic oxidation sites excluding steroid dienone is 1. The molecule has 0 amide bonds. The highest BCUT2D eigenvalue weighted by atomic mass is 16.4. The van der Waals surface area contributed by atoms with Crippen LogP contribution < -0.4 is 0 Å². The maximum absolute atomic E-state index is 11.1. The maximum atomic E-state index is 11.1. The molecule has 1 N–H and O–H groups in total. The summed E-state index contributed by atoms with van der Waals surface area (Å²) in [5.74, 6) is 1.43. The van der Waals surface area contributed by atoms with Crippen LogP contribution in [0.15, 0.2) is 12.2 Å². The normalized spacial score (nSPS) is 35.8. The third-order valence-corrected chi connectivity index (χ3v) is 4.95. The van der Waals surface area contributed by atoms with Crippen LogP contribution >= 0.6 is 0 Å². The largest absolute Gasteiger partial charge is 0.481 e. The molecule has 2 aliphatic carbocycles. The molecule has 17 heavy (non-hydrogen) atoms. The minimum Gasteiger partial charge on any atom is -0.481 e. The second-order valence-corrected chi connectivity index (χ2v) is 6.08. The summed E-state index contributed by atoms with van der Waals surface area (Å²) in [5.41, 5.74) is 1.39. The molecule has 0 heterocycles. The van der Waals surface area contributed by atoms with Gasteiger partial charge in [-0.05, 0) is 62.7 Å². The van der Waals surface area contributed by atoms with E-state index in [1.807, 2.05) is 0 Å². The van der Waals surface area contributed by atoms with Crippen LogP contribution in [-0.2, 0) is 4.79 Å². The molecule has 3 unspecified atom stereocenters. The molecule has 3 atom stereocenters. The molecule has 2 fully saturated rings. The van der Waals surface area contributed by atoms with Crippen LogP contribution in [0.3, 0.4) is 0 Å². The molecule has 0 radical (unpaired) electrons. The van der Waals surface area contributed by atoms with Gasteiger partial charge in [-0.1, -0.05) is 19.1 Å². The van der Waals surface area contributed by atoms with E-state index in [0.717, 1.165) is 38.0 Å². The molecule has 0 saturated heterocycles. The Labute approximate surface area is 104 Å². The highest BCUT2D eigenvalue weighted by molar-refractivity contribution is 5.70. The average Bonchev–Trinajstić information content (AvgIpc) is 2.31. The van der Waals surface area contributed by atoms with Crippen molar-refractivity contribution in [3.05, 3.63) is 12.2 Å². The maximum Gasteiger partial charge on any atom is 0.306 e. The molecule has 2 aliphatic rings. The van der Waals surface area contributed by atoms with Gasteiger partial charge in [0.1, 0.15) is 0 Å². The molecule has 2 rings (SSSR count). The van der Waals surface area contributed by atoms with Crippen molar-refractivity contribution in [1.82, 2.24) is 0 Å². The van der Waals surface area contributed by atoms with Gasteiger partial charge >= 0.3 is 5.97 Å². The number of aliphatic carboxylic acids is 1. The molecule has 0 aliphatic heterocycles. The van der Waals surface area contributed by atoms with Gasteiger partial charge in [-0.15, -0.1) is 0 Å². The first-order chi connectivity index (χ1) is 8.08. The molecule has 96 valence electrons. The van der Waals surface area contributed by atoms with Gasteiger partial charge in [0.2, 0.25) is 0 Å². The SMILES string of the molecule is C=C1CCC(C2CC(C(=O)O)CCC2C)CC1. The highest BCUT2D eigenvalue weighted by Gasteiger charge is 2.36. The quantitative estimate of drug-likeness (QED) is 0.739. The van der Waals surface area contributed by atoms with Gasteiger partial charge in [0.15, 0.2) is 0 Å². The first-order valence-corrected chi connectivity index (χ1v) is 6.97. The lowest BCUT2D eigenvalue weighted by Gasteiger charge is -2.40. The number of rotatable bonds is 2. The van der Waals surface area contributed by atoms with E-state index in [9.17, 15) is 4.79 Å². The minimum atomic E-state index is -0.581. The fraction of sp³-hybridized carbons (Fsp3) is 0.800. The Morgan fingerprint density at radius 1 is 1.24 bits per heavy atom. The van der Waals surface area contributed by atoms with Gasteiger partial charge in [-0.3, -0.25) is 4.79 Å². The lowest BCUT2D eigenvalue weighted by atomic mass is 9.65. The monoisotopic (exact) mass is 236 g/mol. The summed E-state index contributed by atoms with van der Waals surface area (Å²) >= 11 is 0. The summed E-state index contributed by atoms with van der Waals surface area (Å²) in [5, 5.41) is 9.17. The fourth-order valence-corrected chi connectivity index (χ4v) is 3.71. The van der Waals surface area contributed by atoms with E-state index in [1.165, 1.54) is 18.4 Å². The van der Waals surface area contributed by atoms with Gasteiger partial charge < -0.3 is 5.11 Å². The van der Waals surface area contributed by atoms with Crippen LogP contribution in [0.25, 0.3) is 0 Å². The lowest BCUT2D eigenvalue weighted by molar-refractivity contribution is -0.144. The van der Waals surface area contributed by atoms with E-state index in [2.05, 4.69) is 13.5 Å². The average molecular weight is 236 g/mol. The Bertz CT molecular complexity index is 298. The molecule has 0 aromatic heterocycles. The van der Waals surface area contributed by atoms with E-state index in [-0.39, 0.29) is 5.92 Å². The first kappa shape index (κ1) is 12.7. The van der Waals surface area contributed by atoms with Crippen molar-refractivity contribution in [2.75, 3.05) is 0 Å². The summed E-state index contributed by atoms with van der Waals surface area (Å²) in [7, 11) is 0. The summed E-state index contributed by atoms with van der Waals surface area (Å²) in [6, 6.07) is 0. The van der Waals surface area contributed by atoms with Gasteiger partial charge in [-0.25, -0.2) is 0 Å². The van der Waals surface area contributed by atoms with Crippen LogP contribution in [0.1, 0.15) is 51.9 Å². The van der Waals surface area contributed by atoms with Crippen molar-refractivity contribution in [2.45, 2.75) is 51.9 Å². The van der Waals surface area contributed by atoms with Crippen molar-refractivity contribution in [3.8, 4) is 0 Å². The number of hydrogen-bond acceptors (Lipinski definition) is 1. The molecule has 2 saturated carbocycles. The zero-order valence-corrected chi connectivity index (χ0v) is 10.8. The van der Waals surface area contributed by atoms with Crippen molar-refractivity contribution >= 4 is 5.97 Å². The lowest BCUT2D eigenvalue weighted by Crippen LogP contribution is -2.33. The van der Waals surface area contributed by atoms with Crippen molar-refractivity contribution in [2.24, 2.45) is 23.7 Å². The van der Waals surface area contributed by atoms with Crippen molar-refractivity contribution in [3.63, 3.8) is 0 Å². The third kappa shape index (κ3) is 2.91. The van der Waals surface area contributed by atoms with E-state index in [4.69, 9.17) is 5.11 Å². The zero-order valence-electron chi connectivity index (χ0n) is 10.8. The second-order valence-electron chi connectivity index (χ2n) is 6.08. The molecule has 0 spiro atoms. The number of carboxylic acid groups (broad SMARTS) is 1. The van der Waals surface area contributed by atoms with Crippen LogP contribution in [-0.4, -0.2) is 11.1 Å². The van der Waals surface area contributed by atoms with Crippen molar-refractivity contribution in [1.29, 1.82) is 0 Å². The highest BCUT2D eigenvalue weighted by Crippen LogP contribution is 2.44. The standard InChI is InChI=1S/C15H24O2/c1-10-3-6-12(7-4-10)14-9-13(15(16)17)8-5-11(14)2/h11-14H,1,3-9H2,2H3,(H,16,17). The van der Waals surface area contributed by atoms with Gasteiger partial charge in [0.05, 0.1) is 5.92 Å². The minimum absolute atomic E-state index is 0.0821. The Morgan fingerprint density at radius 3 is 2.47 bits per heavy atom. The van der Waals surface area contributed by atoms with Crippen LogP contribution in [0, 0.1) is 23.7 Å². The smallest absolute Gasteiger partial charge is 0.306 e. The summed E-state index contributed by atoms with van der Waals surface area (Å²) in [4.78, 5) is 11.1. The fourth-order valence-electron chi connectivity index (χ4n) is 3.71. The summed E-state index contributed by atoms with van der Waals surface area (Å²) < 4.78 is 0. The van der Waals surface area contributed by atoms with Crippen LogP contribution in [0.5, 0.6) is 0 Å². The predicted molar refractivity (Wildman–Crippen MR) is 68.7 cm³/mol. The molecule has 0 bridgehead atoms. The molecule has 2 nitrogen and oxygen atoms in total. The third-order valence-electron chi connectivity index (χ3n) is 4.95. The zero-order chi connectivity index (χ0) is 12.4. The number of carboxylic acids is 1. The first-order valence-electron chi connectivity index (χ1n) is 6.97. The Hall–Kier alpha value is -0.790. The Kier molecular flexibility index (Phi) is 3.90. The molecular weight excluding hydrogens is 212 g/mol. The molecule has 2 heteroatoms. The predicted octanol–water partition coefficient (Wildman–Crippen LogP) is 3.87. The van der Waals surface area contributed by atoms with Gasteiger partial charge in [-0.2, -0.15) is 0 Å². The van der Waals surface area contributed by atoms with Crippen molar-refractivity contribution < 1.29 is 9.90 Å². The van der Waals surface area contributed by atoms with E-state index < -0.39 is 5.97 Å². The molecule has 0 aromatic rings. The van der Waals surface area contributed by atoms with Crippen LogP contribution in [0.2, 0.25) is 0 Å². The second kappa shape index (κ2) is 5.24. The van der Waals surface area contributed by atoms with Crippen LogP contribution in [0.4, 0.5) is 0 Å². The number of hydrogen-bond donors (Lipinski definition) is 1. The topological polar surface area (TPSA) is 37.3 Å². The summed E-state index contributed by atoms with van der Waals surface area (Å²) in [6.45, 7) is 6.37. The van der Waals surface area contributed by atoms with E-state index in [1.54, 1.807) is 0 Å².